The Hall–Kier alpha value is -8.84. The van der Waals surface area contributed by atoms with Crippen LogP contribution in [0.3, 0.4) is 0 Å². The Balaban J connectivity index is 1.20. The van der Waals surface area contributed by atoms with Crippen LogP contribution in [0.2, 0.25) is 0 Å². The molecule has 0 amide bonds. The normalized spacial score (nSPS) is 12.4. The molecular weight excluding hydrogens is 1030 g/mol. The van der Waals surface area contributed by atoms with Gasteiger partial charge in [-0.25, -0.2) is 0 Å². The third-order valence-electron chi connectivity index (χ3n) is 14.3. The molecule has 13 heteroatoms. The van der Waals surface area contributed by atoms with E-state index in [1.807, 2.05) is 86.6 Å². The molecule has 0 saturated carbocycles. The van der Waals surface area contributed by atoms with E-state index < -0.39 is 47.0 Å². The van der Waals surface area contributed by atoms with Crippen LogP contribution < -0.4 is 0 Å². The van der Waals surface area contributed by atoms with Crippen molar-refractivity contribution >= 4 is 21.8 Å². The number of hydrogen-bond acceptors (Lipinski definition) is 0. The SMILES string of the molecule is Cc1ccccc1-c1cc(-c2ccc3c(c2)c2cc(-c4cc(-c5ccccc5C)cc(-c5ccccc5C(F)(F)F)c4)ccc2n3-c2ccccc2-c2cc(C(F)(F)F)cc(C(F)(F)F)c2)cc(-c2ccccc2C(F)(F)F)c1. The van der Waals surface area contributed by atoms with Crippen LogP contribution in [0.5, 0.6) is 0 Å². The number of halogens is 12. The molecule has 0 aliphatic rings. The number of alkyl halides is 12. The van der Waals surface area contributed by atoms with Crippen LogP contribution in [0, 0.1) is 13.8 Å². The summed E-state index contributed by atoms with van der Waals surface area (Å²) in [6, 6.07) is 54.0. The molecule has 0 saturated heterocycles. The maximum absolute atomic E-state index is 14.7. The van der Waals surface area contributed by atoms with Gasteiger partial charge in [0.25, 0.3) is 0 Å². The maximum atomic E-state index is 14.7. The number of benzene rings is 10. The minimum atomic E-state index is -5.14. The van der Waals surface area contributed by atoms with Crippen LogP contribution in [0.25, 0.3) is 105 Å². The largest absolute Gasteiger partial charge is 0.417 e. The molecule has 79 heavy (non-hydrogen) atoms. The number of fused-ring (bicyclic) bond motifs is 3. The Morgan fingerprint density at radius 3 is 0.987 bits per heavy atom. The third-order valence-corrected chi connectivity index (χ3v) is 14.3. The standard InChI is InChI=1S/C66H41F12N/c1-38-13-3-5-15-51(38)44-27-42(29-46(31-44)53-17-7-10-20-58(53)65(73,74)75)40-23-25-61-56(35-40)57-36-41(43-28-45(52-16-6-4-14-39(52)2)32-47(30-43)54-18-8-11-21-59(54)66(76,77)78)24-26-62(57)79(61)60-22-12-9-19-55(60)48-33-49(63(67,68)69)37-50(34-48)64(70,71)72/h3-37H,1-2H3. The average Bonchev–Trinajstić information content (AvgIpc) is 4.04. The molecule has 0 radical (unpaired) electrons. The number of aromatic nitrogens is 1. The summed E-state index contributed by atoms with van der Waals surface area (Å²) < 4.78 is 176. The molecule has 1 aromatic heterocycles. The Morgan fingerprint density at radius 1 is 0.266 bits per heavy atom. The molecule has 0 N–H and O–H groups in total. The third kappa shape index (κ3) is 10.1. The van der Waals surface area contributed by atoms with Gasteiger partial charge in [0, 0.05) is 16.3 Å². The topological polar surface area (TPSA) is 4.93 Å². The lowest BCUT2D eigenvalue weighted by atomic mass is 9.89. The van der Waals surface area contributed by atoms with Gasteiger partial charge < -0.3 is 4.57 Å². The van der Waals surface area contributed by atoms with Crippen LogP contribution >= 0.6 is 0 Å². The van der Waals surface area contributed by atoms with E-state index in [-0.39, 0.29) is 45.1 Å². The molecule has 0 bridgehead atoms. The summed E-state index contributed by atoms with van der Waals surface area (Å²) >= 11 is 0. The van der Waals surface area contributed by atoms with Crippen LogP contribution in [-0.4, -0.2) is 4.57 Å². The summed E-state index contributed by atoms with van der Waals surface area (Å²) in [4.78, 5) is 0. The smallest absolute Gasteiger partial charge is 0.309 e. The molecule has 1 nitrogen and oxygen atoms in total. The van der Waals surface area contributed by atoms with Crippen molar-refractivity contribution in [1.29, 1.82) is 0 Å². The Bertz CT molecular complexity index is 3930. The molecule has 0 spiro atoms. The van der Waals surface area contributed by atoms with Crippen LogP contribution in [0.1, 0.15) is 33.4 Å². The first-order chi connectivity index (χ1) is 37.5. The van der Waals surface area contributed by atoms with Gasteiger partial charge in [-0.2, -0.15) is 52.7 Å². The second kappa shape index (κ2) is 19.6. The highest BCUT2D eigenvalue weighted by Crippen LogP contribution is 2.47. The molecule has 10 aromatic carbocycles. The van der Waals surface area contributed by atoms with Crippen LogP contribution in [0.4, 0.5) is 52.7 Å². The van der Waals surface area contributed by atoms with Crippen LogP contribution in [-0.2, 0) is 24.7 Å². The molecule has 1 heterocycles. The molecule has 394 valence electrons. The van der Waals surface area contributed by atoms with Gasteiger partial charge in [-0.05, 0) is 194 Å². The lowest BCUT2D eigenvalue weighted by molar-refractivity contribution is -0.143. The average molecular weight is 1080 g/mol. The summed E-state index contributed by atoms with van der Waals surface area (Å²) in [5.41, 5.74) is 3.20. The molecule has 0 aliphatic heterocycles. The molecule has 0 aliphatic carbocycles. The van der Waals surface area contributed by atoms with E-state index in [9.17, 15) is 52.7 Å². The van der Waals surface area contributed by atoms with Crippen molar-refractivity contribution in [1.82, 2.24) is 4.57 Å². The predicted octanol–water partition coefficient (Wildman–Crippen LogP) is 21.1. The zero-order chi connectivity index (χ0) is 55.8. The molecule has 0 atom stereocenters. The summed E-state index contributed by atoms with van der Waals surface area (Å²) in [5, 5.41) is 1.06. The quantitative estimate of drug-likeness (QED) is 0.134. The molecular formula is C66H41F12N. The molecule has 11 rings (SSSR count). The zero-order valence-corrected chi connectivity index (χ0v) is 41.7. The van der Waals surface area contributed by atoms with Crippen molar-refractivity contribution < 1.29 is 52.7 Å². The van der Waals surface area contributed by atoms with Gasteiger partial charge in [0.2, 0.25) is 0 Å². The molecule has 0 unspecified atom stereocenters. The molecule has 0 fully saturated rings. The van der Waals surface area contributed by atoms with E-state index >= 15 is 0 Å². The second-order valence-corrected chi connectivity index (χ2v) is 19.4. The predicted molar refractivity (Wildman–Crippen MR) is 288 cm³/mol. The van der Waals surface area contributed by atoms with Gasteiger partial charge in [0.05, 0.1) is 39.0 Å². The lowest BCUT2D eigenvalue weighted by Gasteiger charge is -2.18. The Morgan fingerprint density at radius 2 is 0.595 bits per heavy atom. The highest BCUT2D eigenvalue weighted by molar-refractivity contribution is 6.12. The number of para-hydroxylation sites is 1. The molecule has 11 aromatic rings. The van der Waals surface area contributed by atoms with Crippen molar-refractivity contribution in [2.24, 2.45) is 0 Å². The number of rotatable bonds is 8. The van der Waals surface area contributed by atoms with Gasteiger partial charge in [-0.15, -0.1) is 0 Å². The van der Waals surface area contributed by atoms with Crippen LogP contribution in [0.15, 0.2) is 212 Å². The monoisotopic (exact) mass is 1080 g/mol. The van der Waals surface area contributed by atoms with Gasteiger partial charge in [0.15, 0.2) is 0 Å². The lowest BCUT2D eigenvalue weighted by Crippen LogP contribution is -2.11. The van der Waals surface area contributed by atoms with E-state index in [1.165, 1.54) is 48.5 Å². The first-order valence-corrected chi connectivity index (χ1v) is 24.7. The van der Waals surface area contributed by atoms with E-state index in [4.69, 9.17) is 0 Å². The minimum Gasteiger partial charge on any atom is -0.309 e. The van der Waals surface area contributed by atoms with E-state index in [0.717, 1.165) is 34.4 Å². The van der Waals surface area contributed by atoms with Gasteiger partial charge in [-0.1, -0.05) is 115 Å². The van der Waals surface area contributed by atoms with Crippen molar-refractivity contribution in [3.8, 4) is 83.6 Å². The Kier molecular flexibility index (Phi) is 12.9. The highest BCUT2D eigenvalue weighted by atomic mass is 19.4. The van der Waals surface area contributed by atoms with Crippen molar-refractivity contribution in [2.75, 3.05) is 0 Å². The van der Waals surface area contributed by atoms with E-state index in [1.54, 1.807) is 65.2 Å². The summed E-state index contributed by atoms with van der Waals surface area (Å²) in [6.45, 7) is 3.78. The number of aryl methyl sites for hydroxylation is 2. The zero-order valence-electron chi connectivity index (χ0n) is 41.7. The van der Waals surface area contributed by atoms with Crippen molar-refractivity contribution in [3.05, 3.63) is 246 Å². The van der Waals surface area contributed by atoms with Gasteiger partial charge >= 0.3 is 24.7 Å². The van der Waals surface area contributed by atoms with Crippen molar-refractivity contribution in [2.45, 2.75) is 38.6 Å². The summed E-state index contributed by atoms with van der Waals surface area (Å²) in [6.07, 6.45) is -19.7. The fraction of sp³-hybridized carbons (Fsp3) is 0.0909. The minimum absolute atomic E-state index is 0.0314. The maximum Gasteiger partial charge on any atom is 0.417 e. The Labute approximate surface area is 445 Å². The first kappa shape index (κ1) is 52.2. The summed E-state index contributed by atoms with van der Waals surface area (Å²) in [5.74, 6) is 0. The van der Waals surface area contributed by atoms with E-state index in [2.05, 4.69) is 0 Å². The number of hydrogen-bond donors (Lipinski definition) is 0. The highest BCUT2D eigenvalue weighted by Gasteiger charge is 2.38. The second-order valence-electron chi connectivity index (χ2n) is 19.4. The van der Waals surface area contributed by atoms with Gasteiger partial charge in [-0.3, -0.25) is 0 Å². The van der Waals surface area contributed by atoms with Crippen molar-refractivity contribution in [3.63, 3.8) is 0 Å². The first-order valence-electron chi connectivity index (χ1n) is 24.7. The fourth-order valence-electron chi connectivity index (χ4n) is 10.6. The van der Waals surface area contributed by atoms with E-state index in [0.29, 0.717) is 67.3 Å². The van der Waals surface area contributed by atoms with Gasteiger partial charge in [0.1, 0.15) is 0 Å². The summed E-state index contributed by atoms with van der Waals surface area (Å²) in [7, 11) is 0. The number of nitrogens with zero attached hydrogens (tertiary/aromatic N) is 1. The fourth-order valence-corrected chi connectivity index (χ4v) is 10.6.